The maximum atomic E-state index is 11.6. The van der Waals surface area contributed by atoms with Gasteiger partial charge in [-0.1, -0.05) is 27.7 Å². The monoisotopic (exact) mass is 540 g/mol. The van der Waals surface area contributed by atoms with Crippen LogP contribution in [0.25, 0.3) is 0 Å². The van der Waals surface area contributed by atoms with Crippen LogP contribution in [-0.4, -0.2) is 96.4 Å². The molecule has 0 amide bonds. The topological polar surface area (TPSA) is 122 Å². The lowest BCUT2D eigenvalue weighted by atomic mass is 9.76. The first kappa shape index (κ1) is 27.3. The molecule has 6 aliphatic heterocycles. The smallest absolute Gasteiger partial charge is 0.308 e. The zero-order chi connectivity index (χ0) is 26.8. The zero-order valence-corrected chi connectivity index (χ0v) is 22.9. The van der Waals surface area contributed by atoms with E-state index in [1.54, 1.807) is 0 Å². The lowest BCUT2D eigenvalue weighted by Crippen LogP contribution is -2.60. The van der Waals surface area contributed by atoms with Gasteiger partial charge in [0.25, 0.3) is 0 Å². The fourth-order valence-electron chi connectivity index (χ4n) is 7.80. The third kappa shape index (κ3) is 4.83. The first-order valence-electron chi connectivity index (χ1n) is 14.6. The molecule has 0 aromatic heterocycles. The first-order chi connectivity index (χ1) is 18.1. The Labute approximate surface area is 224 Å². The molecule has 6 heterocycles. The Balaban J connectivity index is 1.21. The van der Waals surface area contributed by atoms with E-state index in [4.69, 9.17) is 38.3 Å². The molecule has 1 spiro atoms. The van der Waals surface area contributed by atoms with Gasteiger partial charge >= 0.3 is 5.97 Å². The molecule has 38 heavy (non-hydrogen) atoms. The van der Waals surface area contributed by atoms with E-state index in [2.05, 4.69) is 20.8 Å². The number of ether oxygens (including phenoxy) is 7. The molecule has 0 saturated carbocycles. The summed E-state index contributed by atoms with van der Waals surface area (Å²) in [7, 11) is 0. The van der Waals surface area contributed by atoms with Crippen molar-refractivity contribution in [1.29, 1.82) is 0 Å². The number of aliphatic carboxylic acids is 1. The van der Waals surface area contributed by atoms with Crippen LogP contribution < -0.4 is 0 Å². The summed E-state index contributed by atoms with van der Waals surface area (Å²) in [6, 6.07) is 0. The van der Waals surface area contributed by atoms with Crippen LogP contribution in [-0.2, 0) is 38.0 Å². The molecule has 0 radical (unpaired) electrons. The van der Waals surface area contributed by atoms with Crippen molar-refractivity contribution in [2.45, 2.75) is 133 Å². The molecule has 0 aromatic rings. The minimum Gasteiger partial charge on any atom is -0.481 e. The highest BCUT2D eigenvalue weighted by Gasteiger charge is 2.60. The van der Waals surface area contributed by atoms with Crippen LogP contribution in [0, 0.1) is 23.7 Å². The Morgan fingerprint density at radius 1 is 0.842 bits per heavy atom. The Bertz CT molecular complexity index is 863. The number of rotatable bonds is 2. The number of carbonyl (C=O) groups is 1. The molecule has 6 rings (SSSR count). The summed E-state index contributed by atoms with van der Waals surface area (Å²) < 4.78 is 44.7. The average molecular weight is 541 g/mol. The van der Waals surface area contributed by atoms with E-state index in [1.807, 2.05) is 6.92 Å². The second-order valence-corrected chi connectivity index (χ2v) is 12.7. The van der Waals surface area contributed by atoms with Crippen molar-refractivity contribution in [2.24, 2.45) is 23.7 Å². The van der Waals surface area contributed by atoms with Crippen LogP contribution in [0.4, 0.5) is 0 Å². The van der Waals surface area contributed by atoms with Gasteiger partial charge in [-0.15, -0.1) is 0 Å². The van der Waals surface area contributed by atoms with E-state index in [0.717, 1.165) is 25.7 Å². The van der Waals surface area contributed by atoms with Gasteiger partial charge in [0.2, 0.25) is 0 Å². The fourth-order valence-corrected chi connectivity index (χ4v) is 7.80. The summed E-state index contributed by atoms with van der Waals surface area (Å²) in [4.78, 5) is 11.2. The molecular formula is C28H44O10. The van der Waals surface area contributed by atoms with Gasteiger partial charge in [-0.25, -0.2) is 0 Å². The summed E-state index contributed by atoms with van der Waals surface area (Å²) >= 11 is 0. The Morgan fingerprint density at radius 3 is 2.26 bits per heavy atom. The number of aliphatic hydroxyl groups is 1. The molecule has 2 N–H and O–H groups in total. The molecule has 6 saturated heterocycles. The van der Waals surface area contributed by atoms with Gasteiger partial charge in [0.1, 0.15) is 12.2 Å². The Hall–Kier alpha value is -0.850. The van der Waals surface area contributed by atoms with Crippen LogP contribution in [0.3, 0.4) is 0 Å². The van der Waals surface area contributed by atoms with Gasteiger partial charge in [0, 0.05) is 24.7 Å². The highest BCUT2D eigenvalue weighted by Crippen LogP contribution is 2.50. The predicted molar refractivity (Wildman–Crippen MR) is 132 cm³/mol. The summed E-state index contributed by atoms with van der Waals surface area (Å²) in [6.45, 7) is 9.53. The van der Waals surface area contributed by atoms with E-state index >= 15 is 0 Å². The summed E-state index contributed by atoms with van der Waals surface area (Å²) in [5.74, 6) is -1.21. The quantitative estimate of drug-likeness (QED) is 0.540. The molecule has 0 bridgehead atoms. The highest BCUT2D eigenvalue weighted by molar-refractivity contribution is 5.67. The second-order valence-electron chi connectivity index (χ2n) is 12.7. The fraction of sp³-hybridized carbons (Fsp3) is 0.964. The predicted octanol–water partition coefficient (Wildman–Crippen LogP) is 2.49. The minimum absolute atomic E-state index is 0.135. The molecule has 216 valence electrons. The molecule has 0 aliphatic carbocycles. The molecule has 15 atom stereocenters. The third-order valence-electron chi connectivity index (χ3n) is 10.1. The van der Waals surface area contributed by atoms with Crippen LogP contribution in [0.5, 0.6) is 0 Å². The Morgan fingerprint density at radius 2 is 1.55 bits per heavy atom. The van der Waals surface area contributed by atoms with Gasteiger partial charge in [0.05, 0.1) is 62.4 Å². The maximum absolute atomic E-state index is 11.6. The van der Waals surface area contributed by atoms with Gasteiger partial charge < -0.3 is 43.4 Å². The summed E-state index contributed by atoms with van der Waals surface area (Å²) in [5.41, 5.74) is 0. The summed E-state index contributed by atoms with van der Waals surface area (Å²) in [6.07, 6.45) is 0.177. The van der Waals surface area contributed by atoms with Crippen molar-refractivity contribution >= 4 is 5.97 Å². The molecule has 2 unspecified atom stereocenters. The van der Waals surface area contributed by atoms with Gasteiger partial charge in [-0.2, -0.15) is 0 Å². The van der Waals surface area contributed by atoms with E-state index in [9.17, 15) is 9.90 Å². The van der Waals surface area contributed by atoms with Crippen molar-refractivity contribution in [3.63, 3.8) is 0 Å². The normalized spacial score (nSPS) is 55.0. The van der Waals surface area contributed by atoms with Crippen molar-refractivity contribution < 1.29 is 48.2 Å². The van der Waals surface area contributed by atoms with E-state index < -0.39 is 30.3 Å². The van der Waals surface area contributed by atoms with Gasteiger partial charge in [-0.3, -0.25) is 4.79 Å². The van der Waals surface area contributed by atoms with Gasteiger partial charge in [0.15, 0.2) is 12.1 Å². The van der Waals surface area contributed by atoms with Gasteiger partial charge in [-0.05, 0) is 31.1 Å². The molecule has 0 aromatic carbocycles. The number of hydrogen-bond donors (Lipinski definition) is 2. The first-order valence-corrected chi connectivity index (χ1v) is 14.6. The zero-order valence-electron chi connectivity index (χ0n) is 22.9. The van der Waals surface area contributed by atoms with Crippen LogP contribution in [0.2, 0.25) is 0 Å². The average Bonchev–Trinajstić information content (AvgIpc) is 3.31. The Kier molecular flexibility index (Phi) is 7.57. The minimum atomic E-state index is -0.944. The number of aliphatic hydroxyl groups excluding tert-OH is 1. The number of carboxylic acids is 1. The molecule has 10 nitrogen and oxygen atoms in total. The van der Waals surface area contributed by atoms with Crippen LogP contribution >= 0.6 is 0 Å². The lowest BCUT2D eigenvalue weighted by molar-refractivity contribution is -0.339. The van der Waals surface area contributed by atoms with Crippen LogP contribution in [0.15, 0.2) is 0 Å². The largest absolute Gasteiger partial charge is 0.481 e. The molecular weight excluding hydrogens is 496 g/mol. The molecule has 10 heteroatoms. The van der Waals surface area contributed by atoms with E-state index in [1.165, 1.54) is 0 Å². The molecule has 6 fully saturated rings. The van der Waals surface area contributed by atoms with Crippen molar-refractivity contribution in [3.05, 3.63) is 0 Å². The number of carboxylic acid groups (broad SMARTS) is 1. The number of hydrogen-bond acceptors (Lipinski definition) is 9. The molecule has 6 aliphatic rings. The maximum Gasteiger partial charge on any atom is 0.308 e. The lowest BCUT2D eigenvalue weighted by Gasteiger charge is -2.51. The SMILES string of the molecule is C[C@@H]1C[C@@H]2O[C@@H]3[C@@H](C)[C@H](O)[C@@H]4OC5(CCCO5)[C@@H](C)[C@H](C)[C@H]4O[C@H]3C[C@H]2O[C@H]2COC(CC(=O)O)O[C@@H]2C1. The van der Waals surface area contributed by atoms with Crippen LogP contribution in [0.1, 0.15) is 66.2 Å². The third-order valence-corrected chi connectivity index (χ3v) is 10.1. The van der Waals surface area contributed by atoms with E-state index in [0.29, 0.717) is 13.0 Å². The van der Waals surface area contributed by atoms with Crippen molar-refractivity contribution in [1.82, 2.24) is 0 Å². The van der Waals surface area contributed by atoms with Crippen molar-refractivity contribution in [2.75, 3.05) is 13.2 Å². The summed E-state index contributed by atoms with van der Waals surface area (Å²) in [5, 5.41) is 20.7. The highest BCUT2D eigenvalue weighted by atomic mass is 16.7. The standard InChI is InChI=1S/C28H44O10/c1-13-8-17-19(34-21-12-32-23(11-22(29)30)35-18(21)9-13)10-20-25(36-17)15(3)24(31)27-26(37-20)14(2)16(4)28(38-27)6-5-7-33-28/h13-21,23-27,31H,5-12H2,1-4H3,(H,29,30)/t13-,14+,15+,16+,17+,18-,19-,20+,21+,23?,24+,25-,26-,27+,28?/m1/s1. The van der Waals surface area contributed by atoms with Crippen molar-refractivity contribution in [3.8, 4) is 0 Å². The second kappa shape index (κ2) is 10.5. The van der Waals surface area contributed by atoms with E-state index in [-0.39, 0.29) is 79.4 Å². The number of fused-ring (bicyclic) bond motifs is 4.